The summed E-state index contributed by atoms with van der Waals surface area (Å²) < 4.78 is 14.8. The van der Waals surface area contributed by atoms with Crippen LogP contribution in [0, 0.1) is 11.7 Å². The third kappa shape index (κ3) is 3.78. The van der Waals surface area contributed by atoms with E-state index in [-0.39, 0.29) is 11.9 Å². The molecule has 0 heterocycles. The smallest absolute Gasteiger partial charge is 0.129 e. The van der Waals surface area contributed by atoms with Crippen molar-refractivity contribution in [3.05, 3.63) is 34.1 Å². The van der Waals surface area contributed by atoms with Gasteiger partial charge >= 0.3 is 0 Å². The minimum Gasteiger partial charge on any atom is -0.310 e. The Hall–Kier alpha value is -0.410. The van der Waals surface area contributed by atoms with E-state index in [2.05, 4.69) is 42.0 Å². The van der Waals surface area contributed by atoms with Crippen molar-refractivity contribution in [1.29, 1.82) is 0 Å². The van der Waals surface area contributed by atoms with Gasteiger partial charge in [-0.05, 0) is 31.0 Å². The van der Waals surface area contributed by atoms with Crippen LogP contribution in [0.1, 0.15) is 45.2 Å². The number of rotatable bonds is 6. The Morgan fingerprint density at radius 2 is 2.06 bits per heavy atom. The fourth-order valence-electron chi connectivity index (χ4n) is 2.24. The number of hydrogen-bond donors (Lipinski definition) is 1. The predicted octanol–water partition coefficient (Wildman–Crippen LogP) is 4.68. The third-order valence-electron chi connectivity index (χ3n) is 3.05. The van der Waals surface area contributed by atoms with E-state index >= 15 is 0 Å². The van der Waals surface area contributed by atoms with Gasteiger partial charge < -0.3 is 5.32 Å². The minimum atomic E-state index is -0.131. The van der Waals surface area contributed by atoms with Gasteiger partial charge in [0.05, 0.1) is 0 Å². The highest BCUT2D eigenvalue weighted by Gasteiger charge is 2.22. The Kier molecular flexibility index (Phi) is 6.14. The first-order valence-corrected chi connectivity index (χ1v) is 7.08. The van der Waals surface area contributed by atoms with Gasteiger partial charge in [0.1, 0.15) is 5.82 Å². The van der Waals surface area contributed by atoms with Crippen LogP contribution in [0.5, 0.6) is 0 Å². The van der Waals surface area contributed by atoms with Gasteiger partial charge in [-0.1, -0.05) is 49.2 Å². The summed E-state index contributed by atoms with van der Waals surface area (Å²) in [5.41, 5.74) is 0.760. The van der Waals surface area contributed by atoms with Crippen molar-refractivity contribution in [3.8, 4) is 0 Å². The molecule has 0 bridgehead atoms. The lowest BCUT2D eigenvalue weighted by Crippen LogP contribution is -2.28. The number of hydrogen-bond acceptors (Lipinski definition) is 1. The van der Waals surface area contributed by atoms with Crippen LogP contribution in [-0.4, -0.2) is 6.54 Å². The quantitative estimate of drug-likeness (QED) is 0.805. The molecule has 1 aromatic carbocycles. The van der Waals surface area contributed by atoms with Crippen LogP contribution < -0.4 is 5.32 Å². The summed E-state index contributed by atoms with van der Waals surface area (Å²) >= 11 is 3.46. The average molecular weight is 302 g/mol. The third-order valence-corrected chi connectivity index (χ3v) is 3.74. The van der Waals surface area contributed by atoms with Gasteiger partial charge in [0.15, 0.2) is 0 Å². The van der Waals surface area contributed by atoms with Gasteiger partial charge in [-0.25, -0.2) is 4.39 Å². The Morgan fingerprint density at radius 3 is 2.59 bits per heavy atom. The SMILES string of the molecule is CCCC(C)C(NCC)c1c(F)cccc1Br. The lowest BCUT2D eigenvalue weighted by atomic mass is 9.90. The van der Waals surface area contributed by atoms with Crippen molar-refractivity contribution in [2.45, 2.75) is 39.7 Å². The molecule has 0 aliphatic carbocycles. The van der Waals surface area contributed by atoms with Crippen LogP contribution in [0.25, 0.3) is 0 Å². The zero-order chi connectivity index (χ0) is 12.8. The van der Waals surface area contributed by atoms with E-state index in [0.29, 0.717) is 5.92 Å². The molecule has 0 saturated carbocycles. The second kappa shape index (κ2) is 7.12. The van der Waals surface area contributed by atoms with E-state index in [0.717, 1.165) is 29.4 Å². The first kappa shape index (κ1) is 14.7. The van der Waals surface area contributed by atoms with Crippen LogP contribution in [0.15, 0.2) is 22.7 Å². The van der Waals surface area contributed by atoms with Gasteiger partial charge in [0, 0.05) is 16.1 Å². The molecule has 0 amide bonds. The maximum Gasteiger partial charge on any atom is 0.129 e. The second-order valence-corrected chi connectivity index (χ2v) is 5.29. The summed E-state index contributed by atoms with van der Waals surface area (Å²) in [5, 5.41) is 3.40. The highest BCUT2D eigenvalue weighted by Crippen LogP contribution is 2.32. The fraction of sp³-hybridized carbons (Fsp3) is 0.571. The summed E-state index contributed by atoms with van der Waals surface area (Å²) in [6.07, 6.45) is 2.22. The largest absolute Gasteiger partial charge is 0.310 e. The topological polar surface area (TPSA) is 12.0 Å². The lowest BCUT2D eigenvalue weighted by molar-refractivity contribution is 0.357. The van der Waals surface area contributed by atoms with E-state index in [9.17, 15) is 4.39 Å². The molecule has 0 aliphatic heterocycles. The summed E-state index contributed by atoms with van der Waals surface area (Å²) in [6, 6.07) is 5.25. The van der Waals surface area contributed by atoms with Crippen LogP contribution in [0.4, 0.5) is 4.39 Å². The lowest BCUT2D eigenvalue weighted by Gasteiger charge is -2.26. The molecule has 3 heteroatoms. The van der Waals surface area contributed by atoms with Crippen molar-refractivity contribution < 1.29 is 4.39 Å². The molecule has 17 heavy (non-hydrogen) atoms. The molecule has 1 rings (SSSR count). The van der Waals surface area contributed by atoms with E-state index in [1.807, 2.05) is 6.07 Å². The van der Waals surface area contributed by atoms with Crippen molar-refractivity contribution in [3.63, 3.8) is 0 Å². The highest BCUT2D eigenvalue weighted by atomic mass is 79.9. The summed E-state index contributed by atoms with van der Waals surface area (Å²) in [4.78, 5) is 0. The van der Waals surface area contributed by atoms with E-state index in [1.54, 1.807) is 6.07 Å². The number of benzene rings is 1. The minimum absolute atomic E-state index is 0.0792. The Morgan fingerprint density at radius 1 is 1.35 bits per heavy atom. The monoisotopic (exact) mass is 301 g/mol. The molecule has 0 spiro atoms. The van der Waals surface area contributed by atoms with Gasteiger partial charge in [-0.2, -0.15) is 0 Å². The van der Waals surface area contributed by atoms with E-state index in [4.69, 9.17) is 0 Å². The summed E-state index contributed by atoms with van der Waals surface area (Å²) in [5.74, 6) is 0.293. The van der Waals surface area contributed by atoms with Crippen LogP contribution >= 0.6 is 15.9 Å². The van der Waals surface area contributed by atoms with E-state index < -0.39 is 0 Å². The normalized spacial score (nSPS) is 14.6. The van der Waals surface area contributed by atoms with Crippen LogP contribution in [0.3, 0.4) is 0 Å². The molecule has 1 N–H and O–H groups in total. The Balaban J connectivity index is 3.04. The summed E-state index contributed by atoms with van der Waals surface area (Å²) in [6.45, 7) is 7.24. The van der Waals surface area contributed by atoms with Gasteiger partial charge in [0.2, 0.25) is 0 Å². The molecule has 96 valence electrons. The molecule has 0 saturated heterocycles. The predicted molar refractivity (Wildman–Crippen MR) is 74.6 cm³/mol. The Labute approximate surface area is 112 Å². The first-order valence-electron chi connectivity index (χ1n) is 6.29. The molecular formula is C14H21BrFN. The highest BCUT2D eigenvalue weighted by molar-refractivity contribution is 9.10. The second-order valence-electron chi connectivity index (χ2n) is 4.44. The molecule has 0 aliphatic rings. The molecule has 0 aromatic heterocycles. The van der Waals surface area contributed by atoms with Crippen molar-refractivity contribution in [2.24, 2.45) is 5.92 Å². The maximum atomic E-state index is 14.0. The zero-order valence-corrected chi connectivity index (χ0v) is 12.3. The zero-order valence-electron chi connectivity index (χ0n) is 10.8. The fourth-order valence-corrected chi connectivity index (χ4v) is 2.83. The summed E-state index contributed by atoms with van der Waals surface area (Å²) in [7, 11) is 0. The number of nitrogens with one attached hydrogen (secondary N) is 1. The molecule has 0 radical (unpaired) electrons. The van der Waals surface area contributed by atoms with E-state index in [1.165, 1.54) is 6.07 Å². The molecular weight excluding hydrogens is 281 g/mol. The molecule has 0 fully saturated rings. The standard InChI is InChI=1S/C14H21BrFN/c1-4-7-10(3)14(17-5-2)13-11(15)8-6-9-12(13)16/h6,8-10,14,17H,4-5,7H2,1-3H3. The average Bonchev–Trinajstić information content (AvgIpc) is 2.28. The van der Waals surface area contributed by atoms with Crippen molar-refractivity contribution in [2.75, 3.05) is 6.54 Å². The first-order chi connectivity index (χ1) is 8.11. The van der Waals surface area contributed by atoms with Crippen molar-refractivity contribution >= 4 is 15.9 Å². The molecule has 2 unspecified atom stereocenters. The van der Waals surface area contributed by atoms with Gasteiger partial charge in [-0.15, -0.1) is 0 Å². The Bertz CT molecular complexity index is 334. The van der Waals surface area contributed by atoms with Gasteiger partial charge in [0.25, 0.3) is 0 Å². The molecule has 1 aromatic rings. The molecule has 2 atom stereocenters. The van der Waals surface area contributed by atoms with Crippen LogP contribution in [0.2, 0.25) is 0 Å². The van der Waals surface area contributed by atoms with Crippen molar-refractivity contribution in [1.82, 2.24) is 5.32 Å². The van der Waals surface area contributed by atoms with Crippen LogP contribution in [-0.2, 0) is 0 Å². The maximum absolute atomic E-state index is 14.0. The van der Waals surface area contributed by atoms with Gasteiger partial charge in [-0.3, -0.25) is 0 Å². The number of halogens is 2. The molecule has 1 nitrogen and oxygen atoms in total.